The van der Waals surface area contributed by atoms with Gasteiger partial charge in [0.25, 0.3) is 0 Å². The van der Waals surface area contributed by atoms with Gasteiger partial charge in [0, 0.05) is 38.1 Å². The smallest absolute Gasteiger partial charge is 0.317 e. The number of nitrogens with zero attached hydrogens (tertiary/aromatic N) is 2. The molecule has 2 amide bonds. The Labute approximate surface area is 142 Å². The Bertz CT molecular complexity index is 581. The molecule has 2 heterocycles. The second kappa shape index (κ2) is 7.38. The van der Waals surface area contributed by atoms with E-state index in [4.69, 9.17) is 0 Å². The lowest BCUT2D eigenvalue weighted by molar-refractivity contribution is 0.129. The van der Waals surface area contributed by atoms with Crippen LogP contribution in [-0.2, 0) is 0 Å². The van der Waals surface area contributed by atoms with Gasteiger partial charge < -0.3 is 20.2 Å². The number of rotatable bonds is 3. The molecule has 132 valence electrons. The van der Waals surface area contributed by atoms with Crippen molar-refractivity contribution in [3.63, 3.8) is 0 Å². The quantitative estimate of drug-likeness (QED) is 0.890. The van der Waals surface area contributed by atoms with E-state index in [0.717, 1.165) is 25.8 Å². The maximum absolute atomic E-state index is 14.0. The summed E-state index contributed by atoms with van der Waals surface area (Å²) in [4.78, 5) is 16.2. The number of amides is 2. The zero-order valence-corrected chi connectivity index (χ0v) is 14.1. The Balaban J connectivity index is 1.56. The van der Waals surface area contributed by atoms with Gasteiger partial charge >= 0.3 is 6.03 Å². The van der Waals surface area contributed by atoms with Crippen molar-refractivity contribution in [3.8, 4) is 0 Å². The summed E-state index contributed by atoms with van der Waals surface area (Å²) in [7, 11) is 0. The lowest BCUT2D eigenvalue weighted by Crippen LogP contribution is -2.51. The molecule has 0 radical (unpaired) electrons. The molecule has 3 unspecified atom stereocenters. The molecule has 24 heavy (non-hydrogen) atoms. The van der Waals surface area contributed by atoms with Gasteiger partial charge in [-0.1, -0.05) is 12.1 Å². The number of benzene rings is 1. The zero-order valence-electron chi connectivity index (χ0n) is 14.1. The Hall–Kier alpha value is -1.82. The van der Waals surface area contributed by atoms with Crippen molar-refractivity contribution in [2.45, 2.75) is 38.3 Å². The minimum absolute atomic E-state index is 0.0245. The molecule has 1 aromatic carbocycles. The number of aliphatic hydroxyl groups excluding tert-OH is 1. The van der Waals surface area contributed by atoms with Gasteiger partial charge in [0.2, 0.25) is 0 Å². The summed E-state index contributed by atoms with van der Waals surface area (Å²) in [5.41, 5.74) is 0.604. The first kappa shape index (κ1) is 17.0. The molecule has 0 aromatic heterocycles. The Morgan fingerprint density at radius 2 is 2.08 bits per heavy atom. The maximum atomic E-state index is 14.0. The van der Waals surface area contributed by atoms with Crippen LogP contribution in [0.3, 0.4) is 0 Å². The second-order valence-electron chi connectivity index (χ2n) is 6.92. The molecule has 5 nitrogen and oxygen atoms in total. The average molecular weight is 335 g/mol. The van der Waals surface area contributed by atoms with Crippen molar-refractivity contribution >= 4 is 11.7 Å². The van der Waals surface area contributed by atoms with E-state index >= 15 is 0 Å². The van der Waals surface area contributed by atoms with E-state index in [-0.39, 0.29) is 29.9 Å². The van der Waals surface area contributed by atoms with Crippen LogP contribution in [0.2, 0.25) is 0 Å². The van der Waals surface area contributed by atoms with E-state index in [0.29, 0.717) is 25.3 Å². The number of carbonyl (C=O) groups is 1. The van der Waals surface area contributed by atoms with Gasteiger partial charge in [-0.15, -0.1) is 0 Å². The van der Waals surface area contributed by atoms with Crippen LogP contribution in [0.5, 0.6) is 0 Å². The lowest BCUT2D eigenvalue weighted by Gasteiger charge is -2.35. The summed E-state index contributed by atoms with van der Waals surface area (Å²) in [6.45, 7) is 4.50. The van der Waals surface area contributed by atoms with Crippen LogP contribution in [0.25, 0.3) is 0 Å². The molecule has 3 atom stereocenters. The van der Waals surface area contributed by atoms with Crippen molar-refractivity contribution < 1.29 is 14.3 Å². The Morgan fingerprint density at radius 3 is 2.79 bits per heavy atom. The Kier molecular flexibility index (Phi) is 5.23. The topological polar surface area (TPSA) is 55.8 Å². The molecular formula is C18H26FN3O2. The number of hydrogen-bond acceptors (Lipinski definition) is 3. The number of halogens is 1. The molecule has 3 rings (SSSR count). The third-order valence-corrected chi connectivity index (χ3v) is 5.14. The predicted octanol–water partition coefficient (Wildman–Crippen LogP) is 2.21. The molecule has 6 heteroatoms. The molecule has 1 aromatic rings. The number of carbonyl (C=O) groups excluding carboxylic acids is 1. The minimum atomic E-state index is -0.381. The first-order valence-electron chi connectivity index (χ1n) is 8.77. The minimum Gasteiger partial charge on any atom is -0.393 e. The van der Waals surface area contributed by atoms with Crippen LogP contribution in [0.15, 0.2) is 24.3 Å². The molecule has 0 spiro atoms. The van der Waals surface area contributed by atoms with Gasteiger partial charge in [-0.05, 0) is 38.3 Å². The lowest BCUT2D eigenvalue weighted by atomic mass is 10.0. The van der Waals surface area contributed by atoms with E-state index in [1.54, 1.807) is 24.0 Å². The molecule has 2 aliphatic heterocycles. The summed E-state index contributed by atoms with van der Waals surface area (Å²) in [6.07, 6.45) is 2.30. The highest BCUT2D eigenvalue weighted by Crippen LogP contribution is 2.24. The van der Waals surface area contributed by atoms with Crippen LogP contribution < -0.4 is 10.2 Å². The third kappa shape index (κ3) is 3.80. The fraction of sp³-hybridized carbons (Fsp3) is 0.611. The Morgan fingerprint density at radius 1 is 1.29 bits per heavy atom. The molecule has 0 aliphatic carbocycles. The van der Waals surface area contributed by atoms with Crippen LogP contribution in [0, 0.1) is 11.7 Å². The number of nitrogens with one attached hydrogen (secondary N) is 1. The predicted molar refractivity (Wildman–Crippen MR) is 91.5 cm³/mol. The third-order valence-electron chi connectivity index (χ3n) is 5.14. The normalized spacial score (nSPS) is 25.6. The van der Waals surface area contributed by atoms with E-state index in [9.17, 15) is 14.3 Å². The largest absolute Gasteiger partial charge is 0.393 e. The summed E-state index contributed by atoms with van der Waals surface area (Å²) >= 11 is 0. The number of likely N-dealkylation sites (tertiary alicyclic amines) is 1. The first-order chi connectivity index (χ1) is 11.5. The van der Waals surface area contributed by atoms with Crippen LogP contribution in [0.4, 0.5) is 14.9 Å². The highest BCUT2D eigenvalue weighted by Gasteiger charge is 2.31. The van der Waals surface area contributed by atoms with Crippen molar-refractivity contribution in [1.82, 2.24) is 10.2 Å². The van der Waals surface area contributed by atoms with Gasteiger partial charge in [-0.3, -0.25) is 0 Å². The summed E-state index contributed by atoms with van der Waals surface area (Å²) in [5, 5.41) is 12.7. The van der Waals surface area contributed by atoms with Gasteiger partial charge in [0.1, 0.15) is 5.82 Å². The van der Waals surface area contributed by atoms with Crippen LogP contribution >= 0.6 is 0 Å². The van der Waals surface area contributed by atoms with Gasteiger partial charge in [-0.25, -0.2) is 9.18 Å². The zero-order chi connectivity index (χ0) is 17.1. The number of para-hydroxylation sites is 1. The molecule has 2 aliphatic rings. The number of hydrogen-bond donors (Lipinski definition) is 2. The maximum Gasteiger partial charge on any atom is 0.317 e. The first-order valence-corrected chi connectivity index (χ1v) is 8.77. The van der Waals surface area contributed by atoms with E-state index in [1.807, 2.05) is 11.0 Å². The van der Waals surface area contributed by atoms with Crippen molar-refractivity contribution in [1.29, 1.82) is 0 Å². The van der Waals surface area contributed by atoms with Gasteiger partial charge in [-0.2, -0.15) is 0 Å². The number of urea groups is 1. The van der Waals surface area contributed by atoms with E-state index in [1.165, 1.54) is 6.07 Å². The fourth-order valence-electron chi connectivity index (χ4n) is 3.65. The highest BCUT2D eigenvalue weighted by molar-refractivity contribution is 5.75. The van der Waals surface area contributed by atoms with Crippen molar-refractivity contribution in [2.24, 2.45) is 5.92 Å². The monoisotopic (exact) mass is 335 g/mol. The molecule has 0 saturated carbocycles. The molecular weight excluding hydrogens is 309 g/mol. The molecule has 2 fully saturated rings. The summed E-state index contributed by atoms with van der Waals surface area (Å²) in [6, 6.07) is 6.73. The number of aliphatic hydroxyl groups is 1. The van der Waals surface area contributed by atoms with E-state index < -0.39 is 0 Å². The van der Waals surface area contributed by atoms with Crippen molar-refractivity contribution in [2.75, 3.05) is 31.1 Å². The van der Waals surface area contributed by atoms with Crippen molar-refractivity contribution in [3.05, 3.63) is 30.1 Å². The standard InChI is InChI=1S/C18H26FN3O2/c1-13(23)14-8-10-22(11-14)18(24)20-15-5-4-9-21(12-15)17-7-3-2-6-16(17)19/h2-3,6-7,13-15,23H,4-5,8-12H2,1H3,(H,20,24). The highest BCUT2D eigenvalue weighted by atomic mass is 19.1. The average Bonchev–Trinajstić information content (AvgIpc) is 3.06. The molecule has 2 N–H and O–H groups in total. The van der Waals surface area contributed by atoms with Gasteiger partial charge in [0.05, 0.1) is 11.8 Å². The molecule has 0 bridgehead atoms. The number of anilines is 1. The molecule has 2 saturated heterocycles. The summed E-state index contributed by atoms with van der Waals surface area (Å²) in [5.74, 6) is -0.0548. The summed E-state index contributed by atoms with van der Waals surface area (Å²) < 4.78 is 14.0. The second-order valence-corrected chi connectivity index (χ2v) is 6.92. The van der Waals surface area contributed by atoms with Crippen LogP contribution in [0.1, 0.15) is 26.2 Å². The SMILES string of the molecule is CC(O)C1CCN(C(=O)NC2CCCN(c3ccccc3F)C2)C1. The number of piperidine rings is 1. The van der Waals surface area contributed by atoms with E-state index in [2.05, 4.69) is 5.32 Å². The fourth-order valence-corrected chi connectivity index (χ4v) is 3.65. The van der Waals surface area contributed by atoms with Crippen LogP contribution in [-0.4, -0.2) is 54.4 Å². The van der Waals surface area contributed by atoms with Gasteiger partial charge in [0.15, 0.2) is 0 Å².